The van der Waals surface area contributed by atoms with Gasteiger partial charge in [-0.25, -0.2) is 8.78 Å². The summed E-state index contributed by atoms with van der Waals surface area (Å²) in [4.78, 5) is 30.3. The minimum Gasteiger partial charge on any atom is -0.497 e. The number of alkyl halides is 2. The van der Waals surface area contributed by atoms with Gasteiger partial charge in [0.15, 0.2) is 0 Å². The van der Waals surface area contributed by atoms with Crippen molar-refractivity contribution in [1.82, 2.24) is 15.2 Å². The van der Waals surface area contributed by atoms with Crippen molar-refractivity contribution < 1.29 is 23.1 Å². The highest BCUT2D eigenvalue weighted by Gasteiger charge is 2.47. The van der Waals surface area contributed by atoms with E-state index in [0.29, 0.717) is 16.5 Å². The molecule has 2 heterocycles. The van der Waals surface area contributed by atoms with Crippen LogP contribution >= 0.6 is 0 Å². The van der Waals surface area contributed by atoms with Crippen molar-refractivity contribution >= 4 is 22.7 Å². The SMILES string of the molecule is COc1ccc(-c2ccc3nccc(C(=O)NCC(=O)N4CC(F)(F)CC4C#N)c3c2)cc1. The molecule has 1 atom stereocenters. The molecule has 1 aliphatic heterocycles. The monoisotopic (exact) mass is 450 g/mol. The molecule has 0 aliphatic carbocycles. The predicted octanol–water partition coefficient (Wildman–Crippen LogP) is 3.40. The van der Waals surface area contributed by atoms with Crippen LogP contribution in [0.3, 0.4) is 0 Å². The number of benzene rings is 2. The molecule has 9 heteroatoms. The number of nitriles is 1. The molecule has 168 valence electrons. The maximum Gasteiger partial charge on any atom is 0.268 e. The second-order valence-corrected chi connectivity index (χ2v) is 7.73. The Morgan fingerprint density at radius 2 is 1.94 bits per heavy atom. The molecule has 33 heavy (non-hydrogen) atoms. The van der Waals surface area contributed by atoms with Gasteiger partial charge in [0.1, 0.15) is 11.8 Å². The van der Waals surface area contributed by atoms with Crippen molar-refractivity contribution in [2.75, 3.05) is 20.2 Å². The second kappa shape index (κ2) is 8.82. The smallest absolute Gasteiger partial charge is 0.268 e. The van der Waals surface area contributed by atoms with Crippen molar-refractivity contribution in [2.45, 2.75) is 18.4 Å². The molecule has 1 fully saturated rings. The van der Waals surface area contributed by atoms with Crippen LogP contribution in [0.1, 0.15) is 16.8 Å². The predicted molar refractivity (Wildman–Crippen MR) is 117 cm³/mol. The van der Waals surface area contributed by atoms with Crippen molar-refractivity contribution in [2.24, 2.45) is 0 Å². The van der Waals surface area contributed by atoms with Gasteiger partial charge in [0.25, 0.3) is 11.8 Å². The summed E-state index contributed by atoms with van der Waals surface area (Å²) in [7, 11) is 1.59. The number of nitrogens with zero attached hydrogens (tertiary/aromatic N) is 3. The first-order chi connectivity index (χ1) is 15.8. The van der Waals surface area contributed by atoms with Crippen LogP contribution in [0.2, 0.25) is 0 Å². The highest BCUT2D eigenvalue weighted by atomic mass is 19.3. The highest BCUT2D eigenvalue weighted by molar-refractivity contribution is 6.07. The molecule has 1 aliphatic rings. The Kier molecular flexibility index (Phi) is 5.92. The number of likely N-dealkylation sites (tertiary alicyclic amines) is 1. The van der Waals surface area contributed by atoms with E-state index in [1.54, 1.807) is 19.2 Å². The standard InChI is InChI=1S/C24H20F2N4O3/c1-33-18-5-2-15(3-6-18)16-4-7-21-20(10-16)19(8-9-28-21)23(32)29-13-22(31)30-14-24(25,26)11-17(30)12-27/h2-10,17H,11,13-14H2,1H3,(H,29,32). The van der Waals surface area contributed by atoms with E-state index in [9.17, 15) is 18.4 Å². The third kappa shape index (κ3) is 4.60. The normalized spacial score (nSPS) is 16.9. The van der Waals surface area contributed by atoms with E-state index in [4.69, 9.17) is 10.00 Å². The molecule has 0 spiro atoms. The quantitative estimate of drug-likeness (QED) is 0.643. The fraction of sp³-hybridized carbons (Fsp3) is 0.250. The molecule has 7 nitrogen and oxygen atoms in total. The van der Waals surface area contributed by atoms with Crippen LogP contribution in [0.25, 0.3) is 22.0 Å². The molecule has 1 unspecified atom stereocenters. The summed E-state index contributed by atoms with van der Waals surface area (Å²) in [5, 5.41) is 12.1. The number of ether oxygens (including phenoxy) is 1. The van der Waals surface area contributed by atoms with Gasteiger partial charge in [-0.1, -0.05) is 18.2 Å². The molecule has 3 aromatic rings. The molecule has 1 aromatic heterocycles. The number of fused-ring (bicyclic) bond motifs is 1. The number of carbonyl (C=O) groups excluding carboxylic acids is 2. The first-order valence-corrected chi connectivity index (χ1v) is 10.2. The number of carbonyl (C=O) groups is 2. The number of hydrogen-bond acceptors (Lipinski definition) is 5. The van der Waals surface area contributed by atoms with Crippen molar-refractivity contribution in [3.05, 3.63) is 60.3 Å². The Labute approximate surface area is 188 Å². The Balaban J connectivity index is 1.54. The lowest BCUT2D eigenvalue weighted by Crippen LogP contribution is -2.43. The van der Waals surface area contributed by atoms with Gasteiger partial charge in [-0.3, -0.25) is 14.6 Å². The summed E-state index contributed by atoms with van der Waals surface area (Å²) >= 11 is 0. The van der Waals surface area contributed by atoms with E-state index in [1.165, 1.54) is 12.3 Å². The van der Waals surface area contributed by atoms with Crippen LogP contribution < -0.4 is 10.1 Å². The summed E-state index contributed by atoms with van der Waals surface area (Å²) in [6.45, 7) is -1.32. The van der Waals surface area contributed by atoms with E-state index in [0.717, 1.165) is 21.8 Å². The number of hydrogen-bond donors (Lipinski definition) is 1. The minimum absolute atomic E-state index is 0.298. The van der Waals surface area contributed by atoms with Gasteiger partial charge in [-0.05, 0) is 41.5 Å². The minimum atomic E-state index is -3.11. The zero-order valence-electron chi connectivity index (χ0n) is 17.7. The summed E-state index contributed by atoms with van der Waals surface area (Å²) in [6.07, 6.45) is 0.783. The van der Waals surface area contributed by atoms with Crippen molar-refractivity contribution in [3.63, 3.8) is 0 Å². The van der Waals surface area contributed by atoms with E-state index < -0.39 is 43.3 Å². The zero-order chi connectivity index (χ0) is 23.6. The van der Waals surface area contributed by atoms with Crippen molar-refractivity contribution in [3.8, 4) is 22.9 Å². The summed E-state index contributed by atoms with van der Waals surface area (Å²) in [5.74, 6) is -3.66. The summed E-state index contributed by atoms with van der Waals surface area (Å²) in [6, 6.07) is 15.0. The topological polar surface area (TPSA) is 95.3 Å². The zero-order valence-corrected chi connectivity index (χ0v) is 17.7. The van der Waals surface area contributed by atoms with Crippen LogP contribution in [0.4, 0.5) is 8.78 Å². The van der Waals surface area contributed by atoms with Gasteiger partial charge in [-0.15, -0.1) is 0 Å². The van der Waals surface area contributed by atoms with Crippen LogP contribution in [-0.4, -0.2) is 53.9 Å². The molecule has 2 amide bonds. The maximum atomic E-state index is 13.6. The molecule has 0 saturated carbocycles. The molecule has 1 saturated heterocycles. The number of rotatable bonds is 5. The molecule has 2 aromatic carbocycles. The van der Waals surface area contributed by atoms with E-state index >= 15 is 0 Å². The Hall–Kier alpha value is -4.06. The number of halogens is 2. The van der Waals surface area contributed by atoms with E-state index in [1.807, 2.05) is 36.4 Å². The summed E-state index contributed by atoms with van der Waals surface area (Å²) < 4.78 is 32.4. The molecule has 0 radical (unpaired) electrons. The lowest BCUT2D eigenvalue weighted by atomic mass is 10.0. The molecule has 4 rings (SSSR count). The van der Waals surface area contributed by atoms with Gasteiger partial charge in [-0.2, -0.15) is 5.26 Å². The van der Waals surface area contributed by atoms with Crippen LogP contribution in [0.15, 0.2) is 54.7 Å². The first kappa shape index (κ1) is 22.1. The van der Waals surface area contributed by atoms with E-state index in [2.05, 4.69) is 10.3 Å². The van der Waals surface area contributed by atoms with Gasteiger partial charge in [0.2, 0.25) is 5.91 Å². The van der Waals surface area contributed by atoms with Gasteiger partial charge >= 0.3 is 0 Å². The molecular formula is C24H20F2N4O3. The molecular weight excluding hydrogens is 430 g/mol. The fourth-order valence-electron chi connectivity index (χ4n) is 3.85. The average molecular weight is 450 g/mol. The van der Waals surface area contributed by atoms with Crippen LogP contribution in [0.5, 0.6) is 5.75 Å². The number of aromatic nitrogens is 1. The highest BCUT2D eigenvalue weighted by Crippen LogP contribution is 2.31. The Bertz CT molecular complexity index is 1250. The van der Waals surface area contributed by atoms with Gasteiger partial charge in [0.05, 0.1) is 37.3 Å². The van der Waals surface area contributed by atoms with Crippen LogP contribution in [-0.2, 0) is 4.79 Å². The lowest BCUT2D eigenvalue weighted by molar-refractivity contribution is -0.131. The number of amides is 2. The Morgan fingerprint density at radius 1 is 1.21 bits per heavy atom. The van der Waals surface area contributed by atoms with E-state index in [-0.39, 0.29) is 0 Å². The second-order valence-electron chi connectivity index (χ2n) is 7.73. The average Bonchev–Trinajstić information content (AvgIpc) is 3.16. The van der Waals surface area contributed by atoms with Crippen LogP contribution in [0, 0.1) is 11.3 Å². The first-order valence-electron chi connectivity index (χ1n) is 10.2. The third-order valence-electron chi connectivity index (χ3n) is 5.55. The third-order valence-corrected chi connectivity index (χ3v) is 5.55. The largest absolute Gasteiger partial charge is 0.497 e. The Morgan fingerprint density at radius 3 is 2.64 bits per heavy atom. The number of pyridine rings is 1. The number of methoxy groups -OCH3 is 1. The van der Waals surface area contributed by atoms with Gasteiger partial charge in [0, 0.05) is 18.0 Å². The summed E-state index contributed by atoms with van der Waals surface area (Å²) in [5.41, 5.74) is 2.67. The van der Waals surface area contributed by atoms with Gasteiger partial charge < -0.3 is 15.0 Å². The maximum absolute atomic E-state index is 13.6. The molecule has 1 N–H and O–H groups in total. The van der Waals surface area contributed by atoms with Crippen molar-refractivity contribution in [1.29, 1.82) is 5.26 Å². The number of nitrogens with one attached hydrogen (secondary N) is 1. The molecule has 0 bridgehead atoms. The lowest BCUT2D eigenvalue weighted by Gasteiger charge is -2.19. The fourth-order valence-corrected chi connectivity index (χ4v) is 3.85.